The zero-order chi connectivity index (χ0) is 10.9. The highest BCUT2D eigenvalue weighted by Gasteiger charge is 2.37. The predicted octanol–water partition coefficient (Wildman–Crippen LogP) is 0.559. The normalized spacial score (nSPS) is 34.4. The van der Waals surface area contributed by atoms with Crippen molar-refractivity contribution in [2.45, 2.75) is 30.9 Å². The molecule has 0 aromatic carbocycles. The Kier molecular flexibility index (Phi) is 3.11. The van der Waals surface area contributed by atoms with E-state index in [-0.39, 0.29) is 17.5 Å². The SMILES string of the molecule is O=C(CC1CCOC1)C1CCCS1(=O)=O. The summed E-state index contributed by atoms with van der Waals surface area (Å²) in [5.74, 6) is 0.334. The molecule has 2 rings (SSSR count). The van der Waals surface area contributed by atoms with Crippen molar-refractivity contribution in [2.24, 2.45) is 5.92 Å². The molecule has 15 heavy (non-hydrogen) atoms. The molecule has 0 radical (unpaired) electrons. The molecular weight excluding hydrogens is 216 g/mol. The van der Waals surface area contributed by atoms with Gasteiger partial charge >= 0.3 is 0 Å². The minimum absolute atomic E-state index is 0.0944. The largest absolute Gasteiger partial charge is 0.381 e. The third-order valence-corrected chi connectivity index (χ3v) is 5.42. The topological polar surface area (TPSA) is 60.4 Å². The molecule has 0 saturated carbocycles. The second-order valence-corrected chi connectivity index (χ2v) is 6.70. The first kappa shape index (κ1) is 11.1. The number of hydrogen-bond donors (Lipinski definition) is 0. The van der Waals surface area contributed by atoms with Crippen LogP contribution in [0.15, 0.2) is 0 Å². The van der Waals surface area contributed by atoms with Gasteiger partial charge in [0.05, 0.1) is 5.75 Å². The van der Waals surface area contributed by atoms with Crippen LogP contribution in [0.2, 0.25) is 0 Å². The number of carbonyl (C=O) groups is 1. The van der Waals surface area contributed by atoms with E-state index in [2.05, 4.69) is 0 Å². The van der Waals surface area contributed by atoms with E-state index < -0.39 is 15.1 Å². The Balaban J connectivity index is 1.95. The summed E-state index contributed by atoms with van der Waals surface area (Å²) in [5, 5.41) is -0.710. The third-order valence-electron chi connectivity index (χ3n) is 3.20. The fraction of sp³-hybridized carbons (Fsp3) is 0.900. The standard InChI is InChI=1S/C10H16O4S/c11-9(6-8-3-4-14-7-8)10-2-1-5-15(10,12)13/h8,10H,1-7H2. The van der Waals surface area contributed by atoms with Crippen molar-refractivity contribution in [1.82, 2.24) is 0 Å². The Morgan fingerprint density at radius 2 is 2.13 bits per heavy atom. The van der Waals surface area contributed by atoms with Gasteiger partial charge in [0, 0.05) is 19.6 Å². The predicted molar refractivity (Wildman–Crippen MR) is 55.4 cm³/mol. The van der Waals surface area contributed by atoms with Crippen molar-refractivity contribution in [2.75, 3.05) is 19.0 Å². The Morgan fingerprint density at radius 3 is 2.67 bits per heavy atom. The average molecular weight is 232 g/mol. The molecule has 0 bridgehead atoms. The molecular formula is C10H16O4S. The van der Waals surface area contributed by atoms with Gasteiger partial charge in [0.25, 0.3) is 0 Å². The van der Waals surface area contributed by atoms with Crippen molar-refractivity contribution < 1.29 is 17.9 Å². The van der Waals surface area contributed by atoms with E-state index in [1.165, 1.54) is 0 Å². The fourth-order valence-corrected chi connectivity index (χ4v) is 4.19. The molecule has 2 saturated heterocycles. The summed E-state index contributed by atoms with van der Waals surface area (Å²) in [6, 6.07) is 0. The summed E-state index contributed by atoms with van der Waals surface area (Å²) in [5.41, 5.74) is 0. The molecule has 2 unspecified atom stereocenters. The van der Waals surface area contributed by atoms with Crippen LogP contribution in [0.1, 0.15) is 25.7 Å². The van der Waals surface area contributed by atoms with Gasteiger partial charge in [-0.2, -0.15) is 0 Å². The summed E-state index contributed by atoms with van der Waals surface area (Å²) < 4.78 is 28.2. The number of rotatable bonds is 3. The molecule has 5 heteroatoms. The maximum atomic E-state index is 11.8. The van der Waals surface area contributed by atoms with Gasteiger partial charge in [0.15, 0.2) is 15.6 Å². The van der Waals surface area contributed by atoms with Crippen molar-refractivity contribution in [3.63, 3.8) is 0 Å². The maximum absolute atomic E-state index is 11.8. The summed E-state index contributed by atoms with van der Waals surface area (Å²) in [6.45, 7) is 1.31. The Bertz CT molecular complexity index is 340. The molecule has 0 N–H and O–H groups in total. The molecule has 0 aromatic rings. The summed E-state index contributed by atoms with van der Waals surface area (Å²) >= 11 is 0. The molecule has 2 aliphatic rings. The minimum Gasteiger partial charge on any atom is -0.381 e. The number of hydrogen-bond acceptors (Lipinski definition) is 4. The fourth-order valence-electron chi connectivity index (χ4n) is 2.31. The molecule has 0 aliphatic carbocycles. The lowest BCUT2D eigenvalue weighted by atomic mass is 9.99. The van der Waals surface area contributed by atoms with E-state index >= 15 is 0 Å². The zero-order valence-electron chi connectivity index (χ0n) is 8.65. The van der Waals surface area contributed by atoms with E-state index in [1.807, 2.05) is 0 Å². The number of carbonyl (C=O) groups excluding carboxylic acids is 1. The molecule has 4 nitrogen and oxygen atoms in total. The summed E-state index contributed by atoms with van der Waals surface area (Å²) in [4.78, 5) is 11.8. The van der Waals surface area contributed by atoms with Crippen LogP contribution in [0.25, 0.3) is 0 Å². The molecule has 0 amide bonds. The Labute approximate surface area is 89.9 Å². The van der Waals surface area contributed by atoms with Crippen LogP contribution in [-0.4, -0.2) is 38.4 Å². The number of ketones is 1. The first-order valence-corrected chi connectivity index (χ1v) is 7.13. The maximum Gasteiger partial charge on any atom is 0.160 e. The van der Waals surface area contributed by atoms with Gasteiger partial charge in [-0.25, -0.2) is 8.42 Å². The van der Waals surface area contributed by atoms with Crippen LogP contribution in [-0.2, 0) is 19.4 Å². The third kappa shape index (κ3) is 2.39. The van der Waals surface area contributed by atoms with Crippen LogP contribution >= 0.6 is 0 Å². The van der Waals surface area contributed by atoms with Crippen LogP contribution in [0.3, 0.4) is 0 Å². The van der Waals surface area contributed by atoms with Gasteiger partial charge in [0.1, 0.15) is 5.25 Å². The lowest BCUT2D eigenvalue weighted by Gasteiger charge is -2.10. The molecule has 0 spiro atoms. The molecule has 0 aromatic heterocycles. The smallest absolute Gasteiger partial charge is 0.160 e. The highest BCUT2D eigenvalue weighted by atomic mass is 32.2. The first-order chi connectivity index (χ1) is 7.09. The zero-order valence-corrected chi connectivity index (χ0v) is 9.46. The molecule has 2 fully saturated rings. The molecule has 2 aliphatic heterocycles. The number of sulfone groups is 1. The van der Waals surface area contributed by atoms with E-state index in [9.17, 15) is 13.2 Å². The van der Waals surface area contributed by atoms with Crippen molar-refractivity contribution in [1.29, 1.82) is 0 Å². The molecule has 2 atom stereocenters. The van der Waals surface area contributed by atoms with Crippen molar-refractivity contribution >= 4 is 15.6 Å². The highest BCUT2D eigenvalue weighted by molar-refractivity contribution is 7.93. The van der Waals surface area contributed by atoms with E-state index in [0.717, 1.165) is 6.42 Å². The van der Waals surface area contributed by atoms with E-state index in [1.54, 1.807) is 0 Å². The van der Waals surface area contributed by atoms with Crippen molar-refractivity contribution in [3.05, 3.63) is 0 Å². The van der Waals surface area contributed by atoms with Gasteiger partial charge < -0.3 is 4.74 Å². The minimum atomic E-state index is -3.12. The van der Waals surface area contributed by atoms with Crippen molar-refractivity contribution in [3.8, 4) is 0 Å². The Hall–Kier alpha value is -0.420. The van der Waals surface area contributed by atoms with Gasteiger partial charge in [-0.1, -0.05) is 0 Å². The van der Waals surface area contributed by atoms with Gasteiger partial charge in [-0.05, 0) is 25.2 Å². The first-order valence-electron chi connectivity index (χ1n) is 5.41. The quantitative estimate of drug-likeness (QED) is 0.713. The average Bonchev–Trinajstić information content (AvgIpc) is 2.73. The van der Waals surface area contributed by atoms with E-state index in [4.69, 9.17) is 4.74 Å². The van der Waals surface area contributed by atoms with Crippen LogP contribution in [0, 0.1) is 5.92 Å². The Morgan fingerprint density at radius 1 is 1.33 bits per heavy atom. The monoisotopic (exact) mass is 232 g/mol. The van der Waals surface area contributed by atoms with Crippen LogP contribution in [0.5, 0.6) is 0 Å². The molecule has 2 heterocycles. The van der Waals surface area contributed by atoms with Crippen LogP contribution in [0.4, 0.5) is 0 Å². The lowest BCUT2D eigenvalue weighted by Crippen LogP contribution is -2.28. The van der Waals surface area contributed by atoms with Crippen LogP contribution < -0.4 is 0 Å². The van der Waals surface area contributed by atoms with Gasteiger partial charge in [0.2, 0.25) is 0 Å². The molecule has 86 valence electrons. The number of Topliss-reactive ketones (excluding diaryl/α,β-unsaturated/α-hetero) is 1. The summed E-state index contributed by atoms with van der Waals surface area (Å²) in [7, 11) is -3.12. The summed E-state index contributed by atoms with van der Waals surface area (Å²) in [6.07, 6.45) is 2.43. The van der Waals surface area contributed by atoms with Gasteiger partial charge in [-0.3, -0.25) is 4.79 Å². The second kappa shape index (κ2) is 4.22. The van der Waals surface area contributed by atoms with Gasteiger partial charge in [-0.15, -0.1) is 0 Å². The second-order valence-electron chi connectivity index (χ2n) is 4.40. The van der Waals surface area contributed by atoms with E-state index in [0.29, 0.717) is 32.5 Å². The highest BCUT2D eigenvalue weighted by Crippen LogP contribution is 2.25. The lowest BCUT2D eigenvalue weighted by molar-refractivity contribution is -0.119. The number of ether oxygens (including phenoxy) is 1.